The normalized spacial score (nSPS) is 14.2. The maximum Gasteiger partial charge on any atom is 0.303 e. The number of aliphatic carboxylic acids is 1. The van der Waals surface area contributed by atoms with Crippen LogP contribution < -0.4 is 9.47 Å². The molecule has 0 unspecified atom stereocenters. The first-order valence-corrected chi connectivity index (χ1v) is 6.69. The van der Waals surface area contributed by atoms with Crippen molar-refractivity contribution in [3.63, 3.8) is 0 Å². The third-order valence-corrected chi connectivity index (χ3v) is 3.35. The first-order chi connectivity index (χ1) is 9.10. The highest BCUT2D eigenvalue weighted by Crippen LogP contribution is 2.38. The predicted molar refractivity (Wildman–Crippen MR) is 72.2 cm³/mol. The fourth-order valence-electron chi connectivity index (χ4n) is 1.81. The maximum atomic E-state index is 10.6. The number of benzene rings is 1. The Morgan fingerprint density at radius 3 is 2.79 bits per heavy atom. The molecule has 0 bridgehead atoms. The Labute approximate surface area is 117 Å². The summed E-state index contributed by atoms with van der Waals surface area (Å²) in [5.41, 5.74) is 0.846. The van der Waals surface area contributed by atoms with Crippen LogP contribution in [-0.4, -0.2) is 24.8 Å². The van der Waals surface area contributed by atoms with Gasteiger partial charge in [-0.1, -0.05) is 11.6 Å². The van der Waals surface area contributed by atoms with Crippen molar-refractivity contribution in [2.75, 3.05) is 13.7 Å². The second-order valence-electron chi connectivity index (χ2n) is 4.76. The maximum absolute atomic E-state index is 10.6. The molecule has 1 aliphatic carbocycles. The van der Waals surface area contributed by atoms with Gasteiger partial charge in [0, 0.05) is 6.42 Å². The number of carbonyl (C=O) groups is 1. The van der Waals surface area contributed by atoms with E-state index in [0.29, 0.717) is 35.5 Å². The van der Waals surface area contributed by atoms with Gasteiger partial charge >= 0.3 is 5.97 Å². The van der Waals surface area contributed by atoms with Crippen LogP contribution in [-0.2, 0) is 11.2 Å². The Bertz CT molecular complexity index is 469. The van der Waals surface area contributed by atoms with Crippen LogP contribution in [0.4, 0.5) is 0 Å². The largest absolute Gasteiger partial charge is 0.491 e. The fraction of sp³-hybridized carbons (Fsp3) is 0.500. The molecule has 104 valence electrons. The van der Waals surface area contributed by atoms with Crippen molar-refractivity contribution in [3.8, 4) is 11.5 Å². The molecule has 0 radical (unpaired) electrons. The van der Waals surface area contributed by atoms with Crippen LogP contribution in [0.1, 0.15) is 24.8 Å². The molecule has 0 atom stereocenters. The minimum Gasteiger partial charge on any atom is -0.491 e. The van der Waals surface area contributed by atoms with Crippen LogP contribution in [0.25, 0.3) is 0 Å². The molecule has 1 fully saturated rings. The molecule has 0 aliphatic heterocycles. The molecule has 19 heavy (non-hydrogen) atoms. The SMILES string of the molecule is COc1c(Cl)cc(CCC(=O)O)cc1OCC1CC1. The zero-order chi connectivity index (χ0) is 13.8. The average Bonchev–Trinajstić information content (AvgIpc) is 3.17. The van der Waals surface area contributed by atoms with Crippen LogP contribution in [0.2, 0.25) is 5.02 Å². The molecule has 1 aliphatic rings. The second kappa shape index (κ2) is 6.15. The van der Waals surface area contributed by atoms with Crippen LogP contribution in [0.3, 0.4) is 0 Å². The first kappa shape index (κ1) is 14.0. The van der Waals surface area contributed by atoms with Crippen LogP contribution in [0, 0.1) is 5.92 Å². The van der Waals surface area contributed by atoms with E-state index >= 15 is 0 Å². The summed E-state index contributed by atoms with van der Waals surface area (Å²) in [5.74, 6) is 0.919. The zero-order valence-electron chi connectivity index (χ0n) is 10.8. The smallest absolute Gasteiger partial charge is 0.303 e. The van der Waals surface area contributed by atoms with Gasteiger partial charge < -0.3 is 14.6 Å². The lowest BCUT2D eigenvalue weighted by molar-refractivity contribution is -0.136. The van der Waals surface area contributed by atoms with E-state index in [0.717, 1.165) is 5.56 Å². The van der Waals surface area contributed by atoms with E-state index in [-0.39, 0.29) is 6.42 Å². The number of halogens is 1. The molecule has 0 aromatic heterocycles. The minimum atomic E-state index is -0.826. The molecule has 0 saturated heterocycles. The van der Waals surface area contributed by atoms with Gasteiger partial charge in [0.25, 0.3) is 0 Å². The summed E-state index contributed by atoms with van der Waals surface area (Å²) in [4.78, 5) is 10.6. The second-order valence-corrected chi connectivity index (χ2v) is 5.16. The highest BCUT2D eigenvalue weighted by Gasteiger charge is 2.23. The molecule has 1 saturated carbocycles. The number of methoxy groups -OCH3 is 1. The molecule has 4 nitrogen and oxygen atoms in total. The van der Waals surface area contributed by atoms with Crippen molar-refractivity contribution in [2.24, 2.45) is 5.92 Å². The van der Waals surface area contributed by atoms with Crippen molar-refractivity contribution < 1.29 is 19.4 Å². The Kier molecular flexibility index (Phi) is 4.53. The summed E-state index contributed by atoms with van der Waals surface area (Å²) < 4.78 is 11.0. The summed E-state index contributed by atoms with van der Waals surface area (Å²) in [6.07, 6.45) is 2.91. The van der Waals surface area contributed by atoms with Gasteiger partial charge in [0.2, 0.25) is 0 Å². The van der Waals surface area contributed by atoms with Gasteiger partial charge in [0.1, 0.15) is 0 Å². The van der Waals surface area contributed by atoms with E-state index in [1.54, 1.807) is 13.2 Å². The quantitative estimate of drug-likeness (QED) is 0.836. The molecule has 5 heteroatoms. The highest BCUT2D eigenvalue weighted by atomic mass is 35.5. The van der Waals surface area contributed by atoms with Crippen LogP contribution >= 0.6 is 11.6 Å². The van der Waals surface area contributed by atoms with Gasteiger partial charge in [-0.2, -0.15) is 0 Å². The van der Waals surface area contributed by atoms with Crippen molar-refractivity contribution in [2.45, 2.75) is 25.7 Å². The predicted octanol–water partition coefficient (Wildman–Crippen LogP) is 3.15. The van der Waals surface area contributed by atoms with Gasteiger partial charge in [0.15, 0.2) is 11.5 Å². The topological polar surface area (TPSA) is 55.8 Å². The Hall–Kier alpha value is -1.42. The van der Waals surface area contributed by atoms with Crippen LogP contribution in [0.15, 0.2) is 12.1 Å². The van der Waals surface area contributed by atoms with E-state index in [4.69, 9.17) is 26.2 Å². The number of ether oxygens (including phenoxy) is 2. The summed E-state index contributed by atoms with van der Waals surface area (Å²) in [6.45, 7) is 0.662. The van der Waals surface area contributed by atoms with E-state index in [1.807, 2.05) is 6.07 Å². The van der Waals surface area contributed by atoms with E-state index < -0.39 is 5.97 Å². The summed E-state index contributed by atoms with van der Waals surface area (Å²) in [5, 5.41) is 9.16. The van der Waals surface area contributed by atoms with Crippen LogP contribution in [0.5, 0.6) is 11.5 Å². The molecule has 0 heterocycles. The number of hydrogen-bond acceptors (Lipinski definition) is 3. The molecule has 0 amide bonds. The van der Waals surface area contributed by atoms with Crippen molar-refractivity contribution >= 4 is 17.6 Å². The Morgan fingerprint density at radius 2 is 2.21 bits per heavy atom. The standard InChI is InChI=1S/C14H17ClO4/c1-18-14-11(15)6-10(4-5-13(16)17)7-12(14)19-8-9-2-3-9/h6-7,9H,2-5,8H2,1H3,(H,16,17). The number of rotatable bonds is 7. The summed E-state index contributed by atoms with van der Waals surface area (Å²) in [6, 6.07) is 3.54. The van der Waals surface area contributed by atoms with Gasteiger partial charge in [-0.05, 0) is 42.9 Å². The van der Waals surface area contributed by atoms with E-state index in [9.17, 15) is 4.79 Å². The summed E-state index contributed by atoms with van der Waals surface area (Å²) >= 11 is 6.13. The monoisotopic (exact) mass is 284 g/mol. The lowest BCUT2D eigenvalue weighted by Gasteiger charge is -2.13. The van der Waals surface area contributed by atoms with Gasteiger partial charge in [-0.3, -0.25) is 4.79 Å². The molecular formula is C14H17ClO4. The molecule has 0 spiro atoms. The molecule has 1 aromatic carbocycles. The number of carboxylic acids is 1. The van der Waals surface area contributed by atoms with Gasteiger partial charge in [-0.25, -0.2) is 0 Å². The summed E-state index contributed by atoms with van der Waals surface area (Å²) in [7, 11) is 1.54. The van der Waals surface area contributed by atoms with E-state index in [2.05, 4.69) is 0 Å². The lowest BCUT2D eigenvalue weighted by atomic mass is 10.1. The first-order valence-electron chi connectivity index (χ1n) is 6.31. The van der Waals surface area contributed by atoms with Gasteiger partial charge in [-0.15, -0.1) is 0 Å². The Balaban J connectivity index is 2.13. The Morgan fingerprint density at radius 1 is 1.47 bits per heavy atom. The van der Waals surface area contributed by atoms with E-state index in [1.165, 1.54) is 12.8 Å². The number of hydrogen-bond donors (Lipinski definition) is 1. The van der Waals surface area contributed by atoms with Crippen molar-refractivity contribution in [3.05, 3.63) is 22.7 Å². The molecule has 2 rings (SSSR count). The molecular weight excluding hydrogens is 268 g/mol. The van der Waals surface area contributed by atoms with Crippen molar-refractivity contribution in [1.29, 1.82) is 0 Å². The third-order valence-electron chi connectivity index (χ3n) is 3.07. The average molecular weight is 285 g/mol. The highest BCUT2D eigenvalue weighted by molar-refractivity contribution is 6.32. The molecule has 1 N–H and O–H groups in total. The number of carboxylic acid groups (broad SMARTS) is 1. The van der Waals surface area contributed by atoms with Gasteiger partial charge in [0.05, 0.1) is 18.7 Å². The minimum absolute atomic E-state index is 0.0741. The number of aryl methyl sites for hydroxylation is 1. The third kappa shape index (κ3) is 4.03. The van der Waals surface area contributed by atoms with Crippen molar-refractivity contribution in [1.82, 2.24) is 0 Å². The fourth-order valence-corrected chi connectivity index (χ4v) is 2.13. The lowest BCUT2D eigenvalue weighted by Crippen LogP contribution is -2.03. The zero-order valence-corrected chi connectivity index (χ0v) is 11.6. The molecule has 1 aromatic rings.